The van der Waals surface area contributed by atoms with Crippen LogP contribution in [0.3, 0.4) is 0 Å². The van der Waals surface area contributed by atoms with Gasteiger partial charge >= 0.3 is 0 Å². The molecule has 1 aromatic carbocycles. The number of nitrogens with zero attached hydrogens (tertiary/aromatic N) is 3. The lowest BCUT2D eigenvalue weighted by Gasteiger charge is -2.33. The summed E-state index contributed by atoms with van der Waals surface area (Å²) < 4.78 is 1.47. The number of carbonyl (C=O) groups is 1. The highest BCUT2D eigenvalue weighted by molar-refractivity contribution is 5.79. The van der Waals surface area contributed by atoms with E-state index in [-0.39, 0.29) is 17.4 Å². The zero-order chi connectivity index (χ0) is 19.9. The fourth-order valence-electron chi connectivity index (χ4n) is 3.53. The van der Waals surface area contributed by atoms with Crippen LogP contribution in [-0.2, 0) is 11.3 Å². The zero-order valence-corrected chi connectivity index (χ0v) is 16.8. The van der Waals surface area contributed by atoms with Crippen LogP contribution < -0.4 is 15.8 Å². The lowest BCUT2D eigenvalue weighted by atomic mass is 9.96. The van der Waals surface area contributed by atoms with Gasteiger partial charge in [-0.25, -0.2) is 4.68 Å². The summed E-state index contributed by atoms with van der Waals surface area (Å²) in [5, 5.41) is 7.41. The van der Waals surface area contributed by atoms with Gasteiger partial charge in [0.05, 0.1) is 24.3 Å². The van der Waals surface area contributed by atoms with Gasteiger partial charge in [-0.1, -0.05) is 44.2 Å². The molecule has 1 N–H and O–H groups in total. The maximum atomic E-state index is 12.5. The van der Waals surface area contributed by atoms with E-state index in [0.29, 0.717) is 19.0 Å². The van der Waals surface area contributed by atoms with Crippen LogP contribution in [0.25, 0.3) is 0 Å². The number of benzene rings is 1. The molecule has 0 saturated carbocycles. The van der Waals surface area contributed by atoms with Gasteiger partial charge in [-0.05, 0) is 30.7 Å². The second-order valence-corrected chi connectivity index (χ2v) is 7.95. The number of anilines is 1. The lowest BCUT2D eigenvalue weighted by molar-refractivity contribution is -0.125. The van der Waals surface area contributed by atoms with Gasteiger partial charge in [0.25, 0.3) is 5.56 Å². The van der Waals surface area contributed by atoms with E-state index in [9.17, 15) is 9.59 Å². The van der Waals surface area contributed by atoms with Crippen molar-refractivity contribution >= 4 is 11.6 Å². The minimum absolute atomic E-state index is 0.0346. The van der Waals surface area contributed by atoms with Crippen LogP contribution in [0.2, 0.25) is 0 Å². The Hall–Kier alpha value is -2.63. The van der Waals surface area contributed by atoms with E-state index in [1.807, 2.05) is 30.3 Å². The predicted molar refractivity (Wildman–Crippen MR) is 111 cm³/mol. The van der Waals surface area contributed by atoms with Gasteiger partial charge in [-0.15, -0.1) is 0 Å². The molecule has 0 spiro atoms. The Morgan fingerprint density at radius 3 is 2.79 bits per heavy atom. The van der Waals surface area contributed by atoms with Crippen molar-refractivity contribution in [3.8, 4) is 0 Å². The van der Waals surface area contributed by atoms with E-state index < -0.39 is 0 Å². The number of piperidine rings is 1. The van der Waals surface area contributed by atoms with Crippen molar-refractivity contribution in [1.29, 1.82) is 0 Å². The van der Waals surface area contributed by atoms with Crippen molar-refractivity contribution in [3.05, 3.63) is 58.5 Å². The van der Waals surface area contributed by atoms with Crippen LogP contribution in [0.1, 0.15) is 38.7 Å². The molecule has 0 unspecified atom stereocenters. The average Bonchev–Trinajstić information content (AvgIpc) is 2.70. The fraction of sp³-hybridized carbons (Fsp3) is 0.500. The first-order valence-corrected chi connectivity index (χ1v) is 10.2. The average molecular weight is 383 g/mol. The van der Waals surface area contributed by atoms with Gasteiger partial charge in [0.15, 0.2) is 0 Å². The number of rotatable bonds is 7. The second kappa shape index (κ2) is 9.53. The Labute approximate surface area is 166 Å². The third-order valence-corrected chi connectivity index (χ3v) is 5.21. The van der Waals surface area contributed by atoms with Crippen LogP contribution in [-0.4, -0.2) is 35.3 Å². The molecule has 28 heavy (non-hydrogen) atoms. The molecule has 1 saturated heterocycles. The Morgan fingerprint density at radius 2 is 2.07 bits per heavy atom. The minimum atomic E-state index is -0.120. The largest absolute Gasteiger partial charge is 0.369 e. The van der Waals surface area contributed by atoms with Gasteiger partial charge in [0, 0.05) is 25.7 Å². The molecule has 6 nitrogen and oxygen atoms in total. The Morgan fingerprint density at radius 1 is 1.29 bits per heavy atom. The monoisotopic (exact) mass is 382 g/mol. The third-order valence-electron chi connectivity index (χ3n) is 5.21. The van der Waals surface area contributed by atoms with Crippen LogP contribution >= 0.6 is 0 Å². The normalized spacial score (nSPS) is 17.0. The van der Waals surface area contributed by atoms with E-state index >= 15 is 0 Å². The maximum absolute atomic E-state index is 12.5. The van der Waals surface area contributed by atoms with Crippen molar-refractivity contribution in [2.45, 2.75) is 39.7 Å². The zero-order valence-electron chi connectivity index (χ0n) is 16.8. The molecule has 2 aromatic rings. The van der Waals surface area contributed by atoms with Crippen LogP contribution in [0.15, 0.2) is 47.4 Å². The summed E-state index contributed by atoms with van der Waals surface area (Å²) in [4.78, 5) is 27.1. The summed E-state index contributed by atoms with van der Waals surface area (Å²) in [5.74, 6) is 0.667. The van der Waals surface area contributed by atoms with Gasteiger partial charge < -0.3 is 10.2 Å². The number of amides is 1. The highest BCUT2D eigenvalue weighted by Gasteiger charge is 2.26. The smallest absolute Gasteiger partial charge is 0.269 e. The molecule has 150 valence electrons. The van der Waals surface area contributed by atoms with E-state index in [1.165, 1.54) is 4.68 Å². The van der Waals surface area contributed by atoms with Crippen molar-refractivity contribution in [2.75, 3.05) is 24.5 Å². The molecule has 1 atom stereocenters. The quantitative estimate of drug-likeness (QED) is 0.799. The molecule has 0 radical (unpaired) electrons. The van der Waals surface area contributed by atoms with Crippen LogP contribution in [0, 0.1) is 11.8 Å². The standard InChI is InChI=1S/C22H30N4O2/c1-17(2)10-11-23-22(28)19-9-6-12-25(16-19)20-13-21(27)26(24-14-20)15-18-7-4-3-5-8-18/h3-5,7-8,13-14,17,19H,6,9-12,15-16H2,1-2H3,(H,23,28)/t19-/m0/s1. The van der Waals surface area contributed by atoms with Crippen molar-refractivity contribution in [1.82, 2.24) is 15.1 Å². The molecule has 1 amide bonds. The molecule has 1 fully saturated rings. The van der Waals surface area contributed by atoms with Gasteiger partial charge in [0.2, 0.25) is 5.91 Å². The van der Waals surface area contributed by atoms with Gasteiger partial charge in [0.1, 0.15) is 0 Å². The van der Waals surface area contributed by atoms with Crippen LogP contribution in [0.5, 0.6) is 0 Å². The molecular formula is C22H30N4O2. The van der Waals surface area contributed by atoms with Crippen molar-refractivity contribution in [3.63, 3.8) is 0 Å². The lowest BCUT2D eigenvalue weighted by Crippen LogP contribution is -2.44. The minimum Gasteiger partial charge on any atom is -0.369 e. The van der Waals surface area contributed by atoms with Gasteiger partial charge in [-0.2, -0.15) is 5.10 Å². The summed E-state index contributed by atoms with van der Waals surface area (Å²) in [6.07, 6.45) is 4.56. The first-order chi connectivity index (χ1) is 13.5. The summed E-state index contributed by atoms with van der Waals surface area (Å²) in [6.45, 7) is 6.98. The highest BCUT2D eigenvalue weighted by atomic mass is 16.2. The van der Waals surface area contributed by atoms with E-state index in [4.69, 9.17) is 0 Å². The van der Waals surface area contributed by atoms with E-state index in [2.05, 4.69) is 29.2 Å². The Kier molecular flexibility index (Phi) is 6.85. The molecule has 3 rings (SSSR count). The SMILES string of the molecule is CC(C)CCNC(=O)[C@H]1CCCN(c2cnn(Cc3ccccc3)c(=O)c2)C1. The molecule has 2 heterocycles. The third kappa shape index (κ3) is 5.44. The highest BCUT2D eigenvalue weighted by Crippen LogP contribution is 2.22. The first-order valence-electron chi connectivity index (χ1n) is 10.2. The van der Waals surface area contributed by atoms with E-state index in [0.717, 1.165) is 43.6 Å². The summed E-state index contributed by atoms with van der Waals surface area (Å²) in [7, 11) is 0. The molecular weight excluding hydrogens is 352 g/mol. The number of nitrogens with one attached hydrogen (secondary N) is 1. The first kappa shape index (κ1) is 20.1. The molecule has 1 aromatic heterocycles. The molecule has 1 aliphatic heterocycles. The molecule has 1 aliphatic rings. The maximum Gasteiger partial charge on any atom is 0.269 e. The number of hydrogen-bond donors (Lipinski definition) is 1. The Bertz CT molecular complexity index is 832. The topological polar surface area (TPSA) is 67.2 Å². The summed E-state index contributed by atoms with van der Waals surface area (Å²) >= 11 is 0. The van der Waals surface area contributed by atoms with Crippen LogP contribution in [0.4, 0.5) is 5.69 Å². The van der Waals surface area contributed by atoms with Crippen molar-refractivity contribution < 1.29 is 4.79 Å². The summed E-state index contributed by atoms with van der Waals surface area (Å²) in [5.41, 5.74) is 1.72. The second-order valence-electron chi connectivity index (χ2n) is 7.95. The number of carbonyl (C=O) groups excluding carboxylic acids is 1. The van der Waals surface area contributed by atoms with E-state index in [1.54, 1.807) is 12.3 Å². The molecule has 0 aliphatic carbocycles. The number of hydrogen-bond acceptors (Lipinski definition) is 4. The van der Waals surface area contributed by atoms with Crippen molar-refractivity contribution in [2.24, 2.45) is 11.8 Å². The molecule has 0 bridgehead atoms. The fourth-order valence-corrected chi connectivity index (χ4v) is 3.53. The Balaban J connectivity index is 1.62. The number of aromatic nitrogens is 2. The predicted octanol–water partition coefficient (Wildman–Crippen LogP) is 2.67. The summed E-state index contributed by atoms with van der Waals surface area (Å²) in [6, 6.07) is 11.5. The van der Waals surface area contributed by atoms with Gasteiger partial charge in [-0.3, -0.25) is 9.59 Å². The molecule has 6 heteroatoms.